The van der Waals surface area contributed by atoms with Crippen LogP contribution in [-0.4, -0.2) is 49.4 Å². The number of imidazole rings is 1. The zero-order valence-corrected chi connectivity index (χ0v) is 14.8. The molecule has 1 fully saturated rings. The van der Waals surface area contributed by atoms with E-state index in [2.05, 4.69) is 31.9 Å². The lowest BCUT2D eigenvalue weighted by Crippen LogP contribution is -2.41. The van der Waals surface area contributed by atoms with Gasteiger partial charge in [0, 0.05) is 25.8 Å². The van der Waals surface area contributed by atoms with Crippen molar-refractivity contribution in [2.75, 3.05) is 24.6 Å². The van der Waals surface area contributed by atoms with E-state index in [0.717, 1.165) is 25.3 Å². The molecule has 1 N–H and O–H groups in total. The molecule has 0 saturated carbocycles. The first-order valence-corrected chi connectivity index (χ1v) is 8.86. The Labute approximate surface area is 154 Å². The molecule has 27 heavy (non-hydrogen) atoms. The van der Waals surface area contributed by atoms with Crippen molar-refractivity contribution in [3.63, 3.8) is 0 Å². The lowest BCUT2D eigenvalue weighted by molar-refractivity contribution is 0.144. The first kappa shape index (κ1) is 17.7. The van der Waals surface area contributed by atoms with Gasteiger partial charge in [0.25, 0.3) is 6.43 Å². The summed E-state index contributed by atoms with van der Waals surface area (Å²) >= 11 is 0. The fraction of sp³-hybridized carbons (Fsp3) is 0.444. The normalized spacial score (nSPS) is 20.6. The molecule has 0 aromatic carbocycles. The van der Waals surface area contributed by atoms with Crippen LogP contribution in [0.1, 0.15) is 25.5 Å². The predicted molar refractivity (Wildman–Crippen MR) is 95.5 cm³/mol. The smallest absolute Gasteiger partial charge is 0.282 e. The van der Waals surface area contributed by atoms with E-state index in [1.54, 1.807) is 6.20 Å². The highest BCUT2D eigenvalue weighted by Gasteiger charge is 2.25. The molecule has 0 radical (unpaired) electrons. The lowest BCUT2D eigenvalue weighted by Gasteiger charge is -2.36. The van der Waals surface area contributed by atoms with Gasteiger partial charge >= 0.3 is 0 Å². The molecule has 0 aliphatic carbocycles. The van der Waals surface area contributed by atoms with Crippen LogP contribution in [0.15, 0.2) is 30.7 Å². The number of hydrogen-bond donors (Lipinski definition) is 1. The molecule has 0 amide bonds. The van der Waals surface area contributed by atoms with Crippen molar-refractivity contribution >= 4 is 11.5 Å². The number of halogens is 2. The van der Waals surface area contributed by atoms with Crippen LogP contribution in [0.5, 0.6) is 0 Å². The summed E-state index contributed by atoms with van der Waals surface area (Å²) in [7, 11) is 0. The highest BCUT2D eigenvalue weighted by atomic mass is 19.3. The van der Waals surface area contributed by atoms with Gasteiger partial charge in [0.2, 0.25) is 0 Å². The number of rotatable bonds is 4. The van der Waals surface area contributed by atoms with Gasteiger partial charge in [-0.2, -0.15) is 5.10 Å². The minimum Gasteiger partial charge on any atom is -0.396 e. The molecule has 3 aromatic heterocycles. The Morgan fingerprint density at radius 3 is 2.85 bits per heavy atom. The molecule has 1 aliphatic heterocycles. The summed E-state index contributed by atoms with van der Waals surface area (Å²) in [6, 6.07) is 4.59. The van der Waals surface area contributed by atoms with E-state index in [1.807, 2.05) is 6.07 Å². The molecule has 1 saturated heterocycles. The van der Waals surface area contributed by atoms with Gasteiger partial charge in [-0.05, 0) is 30.4 Å². The van der Waals surface area contributed by atoms with Crippen molar-refractivity contribution in [3.8, 4) is 11.4 Å². The topological polar surface area (TPSA) is 79.4 Å². The zero-order valence-electron chi connectivity index (χ0n) is 14.8. The van der Waals surface area contributed by atoms with Crippen LogP contribution < -0.4 is 4.90 Å². The Morgan fingerprint density at radius 1 is 1.22 bits per heavy atom. The molecule has 7 nitrogen and oxygen atoms in total. The van der Waals surface area contributed by atoms with Gasteiger partial charge in [-0.1, -0.05) is 6.92 Å². The molecular formula is C18H20F2N6O. The summed E-state index contributed by atoms with van der Waals surface area (Å²) in [4.78, 5) is 15.0. The minimum atomic E-state index is -2.66. The van der Waals surface area contributed by atoms with Crippen molar-refractivity contribution in [3.05, 3.63) is 36.4 Å². The number of nitrogens with zero attached hydrogens (tertiary/aromatic N) is 6. The maximum atomic E-state index is 13.0. The second kappa shape index (κ2) is 7.15. The summed E-state index contributed by atoms with van der Waals surface area (Å²) in [5.74, 6) is 1.39. The summed E-state index contributed by atoms with van der Waals surface area (Å²) < 4.78 is 27.4. The van der Waals surface area contributed by atoms with Gasteiger partial charge in [-0.3, -0.25) is 0 Å². The van der Waals surface area contributed by atoms with Crippen molar-refractivity contribution in [1.29, 1.82) is 0 Å². The van der Waals surface area contributed by atoms with Gasteiger partial charge in [0.1, 0.15) is 23.5 Å². The van der Waals surface area contributed by atoms with E-state index in [1.165, 1.54) is 23.0 Å². The van der Waals surface area contributed by atoms with Crippen molar-refractivity contribution in [2.24, 2.45) is 11.8 Å². The molecule has 4 rings (SSSR count). The third-order valence-corrected chi connectivity index (χ3v) is 4.85. The predicted octanol–water partition coefficient (Wildman–Crippen LogP) is 2.58. The van der Waals surface area contributed by atoms with Gasteiger partial charge in [0.05, 0.1) is 11.9 Å². The Bertz CT molecular complexity index is 947. The van der Waals surface area contributed by atoms with Crippen LogP contribution in [0.3, 0.4) is 0 Å². The highest BCUT2D eigenvalue weighted by molar-refractivity contribution is 5.62. The molecule has 4 heterocycles. The van der Waals surface area contributed by atoms with Gasteiger partial charge in [0.15, 0.2) is 5.65 Å². The minimum absolute atomic E-state index is 0.145. The monoisotopic (exact) mass is 374 g/mol. The lowest BCUT2D eigenvalue weighted by atomic mass is 9.91. The summed E-state index contributed by atoms with van der Waals surface area (Å²) in [6.45, 7) is 3.86. The number of aromatic nitrogens is 5. The van der Waals surface area contributed by atoms with Crippen LogP contribution in [0.4, 0.5) is 14.6 Å². The Kier molecular flexibility index (Phi) is 4.69. The third-order valence-electron chi connectivity index (χ3n) is 4.85. The number of anilines is 1. The van der Waals surface area contributed by atoms with Crippen LogP contribution in [-0.2, 0) is 0 Å². The number of alkyl halides is 2. The van der Waals surface area contributed by atoms with Crippen LogP contribution in [0, 0.1) is 11.8 Å². The summed E-state index contributed by atoms with van der Waals surface area (Å²) in [6.07, 6.45) is 1.35. The first-order valence-electron chi connectivity index (χ1n) is 8.86. The number of aliphatic hydroxyl groups excluding tert-OH is 1. The molecule has 9 heteroatoms. The maximum absolute atomic E-state index is 13.0. The van der Waals surface area contributed by atoms with E-state index in [0.29, 0.717) is 23.0 Å². The third kappa shape index (κ3) is 3.46. The number of hydrogen-bond acceptors (Lipinski definition) is 6. The largest absolute Gasteiger partial charge is 0.396 e. The average Bonchev–Trinajstić information content (AvgIpc) is 3.10. The average molecular weight is 374 g/mol. The van der Waals surface area contributed by atoms with E-state index in [4.69, 9.17) is 0 Å². The van der Waals surface area contributed by atoms with E-state index >= 15 is 0 Å². The van der Waals surface area contributed by atoms with E-state index in [9.17, 15) is 13.9 Å². The van der Waals surface area contributed by atoms with E-state index < -0.39 is 6.43 Å². The molecule has 3 aromatic rings. The molecular weight excluding hydrogens is 354 g/mol. The second-order valence-electron chi connectivity index (χ2n) is 7.03. The molecule has 0 unspecified atom stereocenters. The Balaban J connectivity index is 1.70. The quantitative estimate of drug-likeness (QED) is 0.756. The van der Waals surface area contributed by atoms with Gasteiger partial charge in [-0.25, -0.2) is 28.2 Å². The second-order valence-corrected chi connectivity index (χ2v) is 7.03. The Hall–Kier alpha value is -2.68. The van der Waals surface area contributed by atoms with Crippen LogP contribution >= 0.6 is 0 Å². The van der Waals surface area contributed by atoms with Crippen LogP contribution in [0.2, 0.25) is 0 Å². The molecule has 142 valence electrons. The fourth-order valence-electron chi connectivity index (χ4n) is 3.64. The fourth-order valence-corrected chi connectivity index (χ4v) is 3.64. The first-order chi connectivity index (χ1) is 13.0. The van der Waals surface area contributed by atoms with Crippen molar-refractivity contribution < 1.29 is 13.9 Å². The van der Waals surface area contributed by atoms with Crippen LogP contribution in [0.25, 0.3) is 17.0 Å². The number of piperidine rings is 1. The molecule has 1 aliphatic rings. The molecule has 0 spiro atoms. The molecule has 2 atom stereocenters. The highest BCUT2D eigenvalue weighted by Crippen LogP contribution is 2.28. The van der Waals surface area contributed by atoms with Crippen molar-refractivity contribution in [1.82, 2.24) is 24.6 Å². The SMILES string of the molecule is C[C@@H]1C[C@@H](CO)CN(c2cc(-c3cnc4ccc(C(F)F)nn34)ncn2)C1. The van der Waals surface area contributed by atoms with Crippen molar-refractivity contribution in [2.45, 2.75) is 19.8 Å². The standard InChI is InChI=1S/C18H20F2N6O/c1-11-4-12(9-27)8-25(7-11)17-5-14(22-10-23-17)15-6-21-16-3-2-13(18(19)20)24-26(15)16/h2-3,5-6,10-12,18,27H,4,7-9H2,1H3/t11-,12-/m1/s1. The van der Waals surface area contributed by atoms with Gasteiger partial charge in [-0.15, -0.1) is 0 Å². The summed E-state index contributed by atoms with van der Waals surface area (Å²) in [5.41, 5.74) is 1.25. The number of fused-ring (bicyclic) bond motifs is 1. The molecule has 0 bridgehead atoms. The van der Waals surface area contributed by atoms with Gasteiger partial charge < -0.3 is 10.0 Å². The maximum Gasteiger partial charge on any atom is 0.282 e. The Morgan fingerprint density at radius 2 is 2.07 bits per heavy atom. The number of aliphatic hydroxyl groups is 1. The van der Waals surface area contributed by atoms with E-state index in [-0.39, 0.29) is 18.2 Å². The summed E-state index contributed by atoms with van der Waals surface area (Å²) in [5, 5.41) is 13.5. The zero-order chi connectivity index (χ0) is 19.0.